The average Bonchev–Trinajstić information content (AvgIpc) is 2.70. The number of aryl methyl sites for hydroxylation is 2. The SMILES string of the molecule is Cc1ccc(CCCC(=O)CC[C@@H](OC=O)OC(=O)N[C@@H](CCC(=O)O)C(=O)O)cc1. The molecule has 10 nitrogen and oxygen atoms in total. The molecule has 1 amide bonds. The van der Waals surface area contributed by atoms with Gasteiger partial charge in [-0.15, -0.1) is 0 Å². The lowest BCUT2D eigenvalue weighted by atomic mass is 10.0. The van der Waals surface area contributed by atoms with E-state index in [4.69, 9.17) is 14.9 Å². The van der Waals surface area contributed by atoms with Crippen molar-refractivity contribution in [2.24, 2.45) is 0 Å². The van der Waals surface area contributed by atoms with Gasteiger partial charge in [0.2, 0.25) is 6.29 Å². The minimum atomic E-state index is -1.48. The van der Waals surface area contributed by atoms with Crippen LogP contribution in [0.2, 0.25) is 0 Å². The second-order valence-corrected chi connectivity index (χ2v) is 6.95. The molecule has 0 heterocycles. The van der Waals surface area contributed by atoms with E-state index in [-0.39, 0.29) is 31.5 Å². The van der Waals surface area contributed by atoms with Crippen molar-refractivity contribution in [2.75, 3.05) is 0 Å². The maximum Gasteiger partial charge on any atom is 0.410 e. The van der Waals surface area contributed by atoms with E-state index < -0.39 is 36.8 Å². The van der Waals surface area contributed by atoms with Crippen molar-refractivity contribution < 1.29 is 43.7 Å². The monoisotopic (exact) mass is 437 g/mol. The number of rotatable bonds is 15. The summed E-state index contributed by atoms with van der Waals surface area (Å²) in [7, 11) is 0. The third-order valence-corrected chi connectivity index (χ3v) is 4.38. The summed E-state index contributed by atoms with van der Waals surface area (Å²) in [6.07, 6.45) is -1.77. The van der Waals surface area contributed by atoms with Crippen LogP contribution in [0, 0.1) is 6.92 Å². The number of hydrogen-bond acceptors (Lipinski definition) is 7. The van der Waals surface area contributed by atoms with E-state index in [0.29, 0.717) is 12.8 Å². The summed E-state index contributed by atoms with van der Waals surface area (Å²) in [5.74, 6) is -2.75. The number of carboxylic acid groups (broad SMARTS) is 2. The Kier molecular flexibility index (Phi) is 11.3. The first-order valence-electron chi connectivity index (χ1n) is 9.79. The van der Waals surface area contributed by atoms with Gasteiger partial charge in [0.25, 0.3) is 6.47 Å². The Labute approximate surface area is 179 Å². The Hall–Kier alpha value is -3.43. The number of amides is 1. The summed E-state index contributed by atoms with van der Waals surface area (Å²) in [4.78, 5) is 56.2. The van der Waals surface area contributed by atoms with E-state index in [1.54, 1.807) is 0 Å². The number of nitrogens with one attached hydrogen (secondary N) is 1. The molecule has 0 spiro atoms. The van der Waals surface area contributed by atoms with E-state index >= 15 is 0 Å². The van der Waals surface area contributed by atoms with Crippen LogP contribution in [-0.4, -0.2) is 52.8 Å². The predicted octanol–water partition coefficient (Wildman–Crippen LogP) is 2.21. The summed E-state index contributed by atoms with van der Waals surface area (Å²) in [6, 6.07) is 6.51. The first-order valence-corrected chi connectivity index (χ1v) is 9.79. The van der Waals surface area contributed by atoms with E-state index in [1.807, 2.05) is 36.5 Å². The number of Topliss-reactive ketones (excluding diaryl/α,β-unsaturated/α-hetero) is 1. The van der Waals surface area contributed by atoms with Crippen LogP contribution in [0.4, 0.5) is 4.79 Å². The predicted molar refractivity (Wildman–Crippen MR) is 107 cm³/mol. The quantitative estimate of drug-likeness (QED) is 0.276. The van der Waals surface area contributed by atoms with Crippen LogP contribution in [0.1, 0.15) is 49.7 Å². The molecular weight excluding hydrogens is 410 g/mol. The Morgan fingerprint density at radius 1 is 1.03 bits per heavy atom. The standard InChI is InChI=1S/C21H27NO9/c1-14-5-7-15(8-6-14)3-2-4-16(24)9-12-19(30-13-23)31-21(29)22-17(20(27)28)10-11-18(25)26/h5-8,13,17,19H,2-4,9-12H2,1H3,(H,22,29)(H,25,26)(H,27,28)/t17-,19-/m0/s1. The molecule has 0 aliphatic heterocycles. The number of carboxylic acids is 2. The maximum atomic E-state index is 12.1. The van der Waals surface area contributed by atoms with Crippen LogP contribution in [0.3, 0.4) is 0 Å². The molecule has 0 saturated carbocycles. The third-order valence-electron chi connectivity index (χ3n) is 4.38. The second-order valence-electron chi connectivity index (χ2n) is 6.95. The van der Waals surface area contributed by atoms with Gasteiger partial charge in [-0.2, -0.15) is 0 Å². The summed E-state index contributed by atoms with van der Waals surface area (Å²) in [6.45, 7) is 2.05. The van der Waals surface area contributed by atoms with Gasteiger partial charge in [0, 0.05) is 25.7 Å². The average molecular weight is 437 g/mol. The molecule has 0 unspecified atom stereocenters. The lowest BCUT2D eigenvalue weighted by Crippen LogP contribution is -2.42. The van der Waals surface area contributed by atoms with Gasteiger partial charge >= 0.3 is 18.0 Å². The fourth-order valence-corrected chi connectivity index (χ4v) is 2.69. The maximum absolute atomic E-state index is 12.1. The number of benzene rings is 1. The van der Waals surface area contributed by atoms with E-state index in [2.05, 4.69) is 4.74 Å². The Morgan fingerprint density at radius 2 is 1.71 bits per heavy atom. The molecule has 0 aliphatic rings. The number of carbonyl (C=O) groups is 5. The molecule has 1 aromatic rings. The lowest BCUT2D eigenvalue weighted by molar-refractivity contribution is -0.155. The minimum absolute atomic E-state index is 0.00105. The lowest BCUT2D eigenvalue weighted by Gasteiger charge is -2.18. The zero-order valence-electron chi connectivity index (χ0n) is 17.2. The van der Waals surface area contributed by atoms with Crippen molar-refractivity contribution in [1.82, 2.24) is 5.32 Å². The molecule has 0 fully saturated rings. The zero-order chi connectivity index (χ0) is 23.2. The summed E-state index contributed by atoms with van der Waals surface area (Å²) in [5, 5.41) is 19.7. The van der Waals surface area contributed by atoms with Gasteiger partial charge in [0.1, 0.15) is 11.8 Å². The van der Waals surface area contributed by atoms with Gasteiger partial charge in [0.15, 0.2) is 0 Å². The molecule has 0 radical (unpaired) electrons. The molecule has 2 atom stereocenters. The molecule has 0 aliphatic carbocycles. The van der Waals surface area contributed by atoms with Gasteiger partial charge in [-0.1, -0.05) is 29.8 Å². The number of ether oxygens (including phenoxy) is 2. The highest BCUT2D eigenvalue weighted by atomic mass is 16.7. The van der Waals surface area contributed by atoms with Crippen LogP contribution in [0.15, 0.2) is 24.3 Å². The summed E-state index contributed by atoms with van der Waals surface area (Å²) in [5.41, 5.74) is 2.28. The van der Waals surface area contributed by atoms with Crippen molar-refractivity contribution in [2.45, 2.75) is 64.2 Å². The molecule has 0 saturated heterocycles. The third kappa shape index (κ3) is 11.4. The Bertz CT molecular complexity index is 761. The van der Waals surface area contributed by atoms with Gasteiger partial charge in [-0.05, 0) is 31.7 Å². The summed E-state index contributed by atoms with van der Waals surface area (Å²) >= 11 is 0. The first-order chi connectivity index (χ1) is 14.7. The van der Waals surface area contributed by atoms with Crippen LogP contribution >= 0.6 is 0 Å². The topological polar surface area (TPSA) is 156 Å². The molecular formula is C21H27NO9. The molecule has 3 N–H and O–H groups in total. The minimum Gasteiger partial charge on any atom is -0.481 e. The number of ketones is 1. The van der Waals surface area contributed by atoms with Crippen LogP contribution < -0.4 is 5.32 Å². The molecule has 31 heavy (non-hydrogen) atoms. The van der Waals surface area contributed by atoms with Crippen molar-refractivity contribution >= 4 is 30.3 Å². The van der Waals surface area contributed by atoms with Crippen molar-refractivity contribution in [3.8, 4) is 0 Å². The Balaban J connectivity index is 2.42. The van der Waals surface area contributed by atoms with E-state index in [1.165, 1.54) is 0 Å². The number of hydrogen-bond donors (Lipinski definition) is 3. The molecule has 10 heteroatoms. The number of carbonyl (C=O) groups excluding carboxylic acids is 3. The van der Waals surface area contributed by atoms with Gasteiger partial charge < -0.3 is 25.0 Å². The summed E-state index contributed by atoms with van der Waals surface area (Å²) < 4.78 is 9.48. The van der Waals surface area contributed by atoms with Gasteiger partial charge in [-0.3, -0.25) is 14.4 Å². The number of alkyl carbamates (subject to hydrolysis) is 1. The molecule has 1 rings (SSSR count). The van der Waals surface area contributed by atoms with Crippen molar-refractivity contribution in [1.29, 1.82) is 0 Å². The van der Waals surface area contributed by atoms with Crippen LogP contribution in [0.5, 0.6) is 0 Å². The normalized spacial score (nSPS) is 12.3. The van der Waals surface area contributed by atoms with Gasteiger partial charge in [-0.25, -0.2) is 9.59 Å². The highest BCUT2D eigenvalue weighted by Crippen LogP contribution is 2.11. The molecule has 0 bridgehead atoms. The smallest absolute Gasteiger partial charge is 0.410 e. The fourth-order valence-electron chi connectivity index (χ4n) is 2.69. The Morgan fingerprint density at radius 3 is 2.29 bits per heavy atom. The van der Waals surface area contributed by atoms with E-state index in [0.717, 1.165) is 17.5 Å². The highest BCUT2D eigenvalue weighted by Gasteiger charge is 2.24. The first kappa shape index (κ1) is 25.6. The second kappa shape index (κ2) is 13.7. The van der Waals surface area contributed by atoms with Gasteiger partial charge in [0.05, 0.1) is 0 Å². The zero-order valence-corrected chi connectivity index (χ0v) is 17.2. The van der Waals surface area contributed by atoms with Crippen molar-refractivity contribution in [3.05, 3.63) is 35.4 Å². The molecule has 170 valence electrons. The van der Waals surface area contributed by atoms with E-state index in [9.17, 15) is 24.0 Å². The molecule has 1 aromatic carbocycles. The van der Waals surface area contributed by atoms with Crippen molar-refractivity contribution in [3.63, 3.8) is 0 Å². The fraction of sp³-hybridized carbons (Fsp3) is 0.476. The molecule has 0 aromatic heterocycles. The largest absolute Gasteiger partial charge is 0.481 e. The van der Waals surface area contributed by atoms with Crippen LogP contribution in [0.25, 0.3) is 0 Å². The number of aliphatic carboxylic acids is 2. The van der Waals surface area contributed by atoms with Crippen LogP contribution in [-0.2, 0) is 35.1 Å². The highest BCUT2D eigenvalue weighted by molar-refractivity contribution is 5.81.